The van der Waals surface area contributed by atoms with Crippen molar-refractivity contribution >= 4 is 28.4 Å². The number of nitrogens with zero attached hydrogens (tertiary/aromatic N) is 2. The number of aliphatic hydroxyl groups is 1. The highest BCUT2D eigenvalue weighted by molar-refractivity contribution is 6.00. The number of nitrogens with one attached hydrogen (secondary N) is 2. The summed E-state index contributed by atoms with van der Waals surface area (Å²) in [6, 6.07) is 12.8. The molecule has 1 aliphatic rings. The number of aromatic amines is 1. The Hall–Kier alpha value is -3.40. The van der Waals surface area contributed by atoms with Crippen molar-refractivity contribution < 1.29 is 19.9 Å². The van der Waals surface area contributed by atoms with Crippen LogP contribution in [0.4, 0.5) is 5.69 Å². The van der Waals surface area contributed by atoms with Crippen molar-refractivity contribution in [2.45, 2.75) is 24.6 Å². The molecule has 2 atom stereocenters. The largest absolute Gasteiger partial charge is 0.733 e. The van der Waals surface area contributed by atoms with Crippen LogP contribution in [0.25, 0.3) is 10.9 Å². The SMILES string of the molecule is CN1C(=O)C(O)(Cc2ccccc2)NC(=O)C1Cc1c[nH]c2cccc(N([O-])O)c12. The van der Waals surface area contributed by atoms with Crippen LogP contribution in [-0.2, 0) is 22.4 Å². The fourth-order valence-electron chi connectivity index (χ4n) is 3.95. The summed E-state index contributed by atoms with van der Waals surface area (Å²) in [6.07, 6.45) is 1.68. The maximum Gasteiger partial charge on any atom is 0.276 e. The predicted octanol–water partition coefficient (Wildman–Crippen LogP) is 1.29. The summed E-state index contributed by atoms with van der Waals surface area (Å²) < 4.78 is 0. The molecule has 2 unspecified atom stereocenters. The van der Waals surface area contributed by atoms with E-state index in [2.05, 4.69) is 10.3 Å². The van der Waals surface area contributed by atoms with Gasteiger partial charge in [0.2, 0.25) is 11.6 Å². The molecule has 1 aromatic heterocycles. The van der Waals surface area contributed by atoms with Gasteiger partial charge in [-0.2, -0.15) is 0 Å². The lowest BCUT2D eigenvalue weighted by molar-refractivity contribution is -0.170. The number of H-pyrrole nitrogens is 1. The lowest BCUT2D eigenvalue weighted by Gasteiger charge is -2.41. The van der Waals surface area contributed by atoms with Crippen molar-refractivity contribution in [3.05, 3.63) is 71.1 Å². The van der Waals surface area contributed by atoms with E-state index in [0.29, 0.717) is 22.0 Å². The number of benzene rings is 2. The van der Waals surface area contributed by atoms with Crippen molar-refractivity contribution in [2.75, 3.05) is 12.3 Å². The first-order chi connectivity index (χ1) is 14.3. The van der Waals surface area contributed by atoms with Gasteiger partial charge in [-0.05, 0) is 23.3 Å². The topological polar surface area (TPSA) is 132 Å². The normalized spacial score (nSPS) is 21.7. The standard InChI is InChI=1S/C21H21N4O5/c1-24-17(10-14-12-22-15-8-5-9-16(18(14)15)25(29)30)19(26)23-21(28,20(24)27)11-13-6-3-2-4-7-13/h2-9,12,17,22,28-29H,10-11H2,1H3,(H,23,26)/q-1. The van der Waals surface area contributed by atoms with E-state index in [4.69, 9.17) is 0 Å². The molecule has 0 bridgehead atoms. The van der Waals surface area contributed by atoms with Crippen LogP contribution in [0.3, 0.4) is 0 Å². The first kappa shape index (κ1) is 19.9. The van der Waals surface area contributed by atoms with Crippen molar-refractivity contribution in [2.24, 2.45) is 0 Å². The van der Waals surface area contributed by atoms with Gasteiger partial charge in [-0.15, -0.1) is 0 Å². The highest BCUT2D eigenvalue weighted by Gasteiger charge is 2.48. The molecule has 0 saturated carbocycles. The number of fused-ring (bicyclic) bond motifs is 1. The molecule has 0 radical (unpaired) electrons. The maximum absolute atomic E-state index is 12.9. The zero-order valence-electron chi connectivity index (χ0n) is 16.2. The van der Waals surface area contributed by atoms with Crippen LogP contribution in [0.15, 0.2) is 54.7 Å². The van der Waals surface area contributed by atoms with Crippen LogP contribution in [0.5, 0.6) is 0 Å². The van der Waals surface area contributed by atoms with Crippen LogP contribution in [0, 0.1) is 5.21 Å². The first-order valence-electron chi connectivity index (χ1n) is 9.41. The molecule has 2 aromatic carbocycles. The van der Waals surface area contributed by atoms with Crippen molar-refractivity contribution in [1.82, 2.24) is 15.2 Å². The van der Waals surface area contributed by atoms with Crippen LogP contribution in [0.2, 0.25) is 0 Å². The van der Waals surface area contributed by atoms with Gasteiger partial charge >= 0.3 is 0 Å². The van der Waals surface area contributed by atoms with Crippen LogP contribution >= 0.6 is 0 Å². The van der Waals surface area contributed by atoms with Gasteiger partial charge in [-0.3, -0.25) is 14.8 Å². The molecule has 1 saturated heterocycles. The number of aromatic nitrogens is 1. The minimum atomic E-state index is -2.04. The maximum atomic E-state index is 12.9. The lowest BCUT2D eigenvalue weighted by Crippen LogP contribution is -2.70. The summed E-state index contributed by atoms with van der Waals surface area (Å²) in [5.74, 6) is -1.13. The van der Waals surface area contributed by atoms with Crippen LogP contribution in [0.1, 0.15) is 11.1 Å². The van der Waals surface area contributed by atoms with E-state index in [-0.39, 0.29) is 23.8 Å². The molecule has 0 spiro atoms. The molecule has 0 aliphatic carbocycles. The molecule has 4 rings (SSSR count). The Morgan fingerprint density at radius 2 is 1.90 bits per heavy atom. The molecule has 9 heteroatoms. The third kappa shape index (κ3) is 3.39. The number of carbonyl (C=O) groups is 2. The molecule has 9 nitrogen and oxygen atoms in total. The summed E-state index contributed by atoms with van der Waals surface area (Å²) in [4.78, 5) is 30.0. The first-order valence-corrected chi connectivity index (χ1v) is 9.41. The van der Waals surface area contributed by atoms with Gasteiger partial charge in [-0.1, -0.05) is 36.4 Å². The summed E-state index contributed by atoms with van der Waals surface area (Å²) in [5.41, 5.74) is -0.0897. The van der Waals surface area contributed by atoms with Crippen molar-refractivity contribution in [1.29, 1.82) is 0 Å². The van der Waals surface area contributed by atoms with E-state index in [9.17, 15) is 25.1 Å². The molecule has 4 N–H and O–H groups in total. The van der Waals surface area contributed by atoms with Gasteiger partial charge in [0.25, 0.3) is 5.91 Å². The molecule has 156 valence electrons. The summed E-state index contributed by atoms with van der Waals surface area (Å²) >= 11 is 0. The molecule has 2 heterocycles. The van der Waals surface area contributed by atoms with E-state index < -0.39 is 23.6 Å². The van der Waals surface area contributed by atoms with Gasteiger partial charge in [-0.25, -0.2) is 0 Å². The molecule has 3 aromatic rings. The fraction of sp³-hybridized carbons (Fsp3) is 0.238. The minimum Gasteiger partial charge on any atom is -0.733 e. The van der Waals surface area contributed by atoms with E-state index in [0.717, 1.165) is 0 Å². The second-order valence-electron chi connectivity index (χ2n) is 7.43. The third-order valence-electron chi connectivity index (χ3n) is 5.46. The summed E-state index contributed by atoms with van der Waals surface area (Å²) in [5, 5.41) is 34.5. The number of piperazine rings is 1. The van der Waals surface area contributed by atoms with Crippen molar-refractivity contribution in [3.63, 3.8) is 0 Å². The minimum absolute atomic E-state index is 0.0366. The molecule has 1 aliphatic heterocycles. The Kier molecular flexibility index (Phi) is 4.94. The number of hydrogen-bond acceptors (Lipinski definition) is 6. The third-order valence-corrected chi connectivity index (χ3v) is 5.46. The second kappa shape index (κ2) is 7.45. The number of rotatable bonds is 5. The number of amides is 2. The zero-order chi connectivity index (χ0) is 21.5. The van der Waals surface area contributed by atoms with Gasteiger partial charge in [0.15, 0.2) is 0 Å². The van der Waals surface area contributed by atoms with Gasteiger partial charge in [0.1, 0.15) is 6.04 Å². The van der Waals surface area contributed by atoms with E-state index in [1.807, 2.05) is 6.07 Å². The van der Waals surface area contributed by atoms with Crippen molar-refractivity contribution in [3.8, 4) is 0 Å². The molecule has 30 heavy (non-hydrogen) atoms. The second-order valence-corrected chi connectivity index (χ2v) is 7.43. The molecular weight excluding hydrogens is 388 g/mol. The predicted molar refractivity (Wildman–Crippen MR) is 109 cm³/mol. The summed E-state index contributed by atoms with van der Waals surface area (Å²) in [6.45, 7) is 0. The highest BCUT2D eigenvalue weighted by Crippen LogP contribution is 2.31. The average Bonchev–Trinajstić information content (AvgIpc) is 3.13. The Bertz CT molecular complexity index is 1100. The van der Waals surface area contributed by atoms with E-state index >= 15 is 0 Å². The number of hydrogen-bond donors (Lipinski definition) is 4. The van der Waals surface area contributed by atoms with E-state index in [1.165, 1.54) is 18.0 Å². The smallest absolute Gasteiger partial charge is 0.276 e. The molecular formula is C21H21N4O5-. The van der Waals surface area contributed by atoms with Gasteiger partial charge in [0.05, 0.1) is 5.69 Å². The highest BCUT2D eigenvalue weighted by atomic mass is 16.8. The quantitative estimate of drug-likeness (QED) is 0.470. The zero-order valence-corrected chi connectivity index (χ0v) is 16.2. The Labute approximate surface area is 172 Å². The van der Waals surface area contributed by atoms with Gasteiger partial charge in [0, 0.05) is 37.0 Å². The lowest BCUT2D eigenvalue weighted by atomic mass is 9.94. The van der Waals surface area contributed by atoms with Crippen LogP contribution < -0.4 is 10.5 Å². The van der Waals surface area contributed by atoms with E-state index in [1.54, 1.807) is 42.6 Å². The molecule has 2 amide bonds. The Morgan fingerprint density at radius 3 is 2.60 bits per heavy atom. The number of carbonyl (C=O) groups excluding carboxylic acids is 2. The Morgan fingerprint density at radius 1 is 1.17 bits per heavy atom. The Balaban J connectivity index is 1.61. The monoisotopic (exact) mass is 409 g/mol. The fourth-order valence-corrected chi connectivity index (χ4v) is 3.95. The number of likely N-dealkylation sites (N-methyl/N-ethyl adjacent to an activating group) is 1. The number of anilines is 1. The van der Waals surface area contributed by atoms with Crippen LogP contribution in [-0.4, -0.2) is 50.8 Å². The van der Waals surface area contributed by atoms with Gasteiger partial charge < -0.3 is 30.7 Å². The average molecular weight is 409 g/mol. The molecule has 1 fully saturated rings. The summed E-state index contributed by atoms with van der Waals surface area (Å²) in [7, 11) is 1.46.